The van der Waals surface area contributed by atoms with Gasteiger partial charge in [-0.1, -0.05) is 69.5 Å². The van der Waals surface area contributed by atoms with E-state index in [2.05, 4.69) is 17.2 Å². The molecule has 0 heterocycles. The lowest BCUT2D eigenvalue weighted by molar-refractivity contribution is -0.142. The topological polar surface area (TPSA) is 105 Å². The Labute approximate surface area is 178 Å². The molecule has 2 amide bonds. The van der Waals surface area contributed by atoms with Crippen LogP contribution in [0.2, 0.25) is 0 Å². The zero-order chi connectivity index (χ0) is 22.4. The van der Waals surface area contributed by atoms with Crippen LogP contribution in [-0.4, -0.2) is 35.2 Å². The number of carbonyl (C=O) groups is 3. The number of carboxylic acid groups (broad SMARTS) is 1. The van der Waals surface area contributed by atoms with E-state index in [1.54, 1.807) is 13.8 Å². The number of carbonyl (C=O) groups excluding carboxylic acids is 2. The summed E-state index contributed by atoms with van der Waals surface area (Å²) in [6, 6.07) is 7.33. The Bertz CT molecular complexity index is 675. The Morgan fingerprint density at radius 1 is 1.07 bits per heavy atom. The predicted molar refractivity (Wildman–Crippen MR) is 116 cm³/mol. The van der Waals surface area contributed by atoms with Gasteiger partial charge in [0.1, 0.15) is 18.7 Å². The summed E-state index contributed by atoms with van der Waals surface area (Å²) in [6.45, 7) is 7.31. The largest absolute Gasteiger partial charge is 0.480 e. The summed E-state index contributed by atoms with van der Waals surface area (Å²) in [6.07, 6.45) is 6.05. The minimum atomic E-state index is -1.08. The van der Waals surface area contributed by atoms with Gasteiger partial charge in [0.15, 0.2) is 0 Å². The van der Waals surface area contributed by atoms with E-state index in [1.807, 2.05) is 36.4 Å². The minimum Gasteiger partial charge on any atom is -0.480 e. The molecule has 7 nitrogen and oxygen atoms in total. The molecule has 7 heteroatoms. The van der Waals surface area contributed by atoms with Crippen molar-refractivity contribution in [3.8, 4) is 0 Å². The lowest BCUT2D eigenvalue weighted by Gasteiger charge is -2.23. The number of nitrogens with one attached hydrogen (secondary N) is 2. The van der Waals surface area contributed by atoms with Crippen molar-refractivity contribution in [2.45, 2.75) is 71.1 Å². The van der Waals surface area contributed by atoms with Crippen molar-refractivity contribution >= 4 is 18.0 Å². The number of alkyl carbamates (subject to hydrolysis) is 1. The van der Waals surface area contributed by atoms with Gasteiger partial charge in [0, 0.05) is 0 Å². The number of allylic oxidation sites excluding steroid dienone is 1. The first-order valence-electron chi connectivity index (χ1n) is 10.5. The summed E-state index contributed by atoms with van der Waals surface area (Å²) >= 11 is 0. The number of aliphatic carboxylic acids is 1. The Balaban J connectivity index is 2.53. The van der Waals surface area contributed by atoms with Gasteiger partial charge in [0.25, 0.3) is 0 Å². The summed E-state index contributed by atoms with van der Waals surface area (Å²) in [5.41, 5.74) is 0.831. The molecule has 0 spiro atoms. The van der Waals surface area contributed by atoms with Crippen LogP contribution in [0, 0.1) is 5.92 Å². The van der Waals surface area contributed by atoms with E-state index >= 15 is 0 Å². The first kappa shape index (κ1) is 25.2. The molecule has 0 fully saturated rings. The lowest BCUT2D eigenvalue weighted by atomic mass is 10.0. The number of rotatable bonds is 14. The van der Waals surface area contributed by atoms with Crippen LogP contribution in [0.5, 0.6) is 0 Å². The fraction of sp³-hybridized carbons (Fsp3) is 0.522. The molecular weight excluding hydrogens is 384 g/mol. The van der Waals surface area contributed by atoms with E-state index in [-0.39, 0.29) is 12.5 Å². The fourth-order valence-electron chi connectivity index (χ4n) is 2.94. The molecule has 1 rings (SSSR count). The van der Waals surface area contributed by atoms with E-state index in [1.165, 1.54) is 0 Å². The Hall–Kier alpha value is -2.83. The molecule has 0 aliphatic carbocycles. The van der Waals surface area contributed by atoms with Gasteiger partial charge < -0.3 is 20.5 Å². The first-order chi connectivity index (χ1) is 14.3. The summed E-state index contributed by atoms with van der Waals surface area (Å²) in [5, 5.41) is 14.5. The molecule has 0 saturated heterocycles. The smallest absolute Gasteiger partial charge is 0.408 e. The quantitative estimate of drug-likeness (QED) is 0.312. The number of ether oxygens (including phenoxy) is 1. The second kappa shape index (κ2) is 14.2. The highest BCUT2D eigenvalue weighted by Crippen LogP contribution is 2.10. The van der Waals surface area contributed by atoms with Crippen LogP contribution in [0.15, 0.2) is 43.0 Å². The lowest BCUT2D eigenvalue weighted by Crippen LogP contribution is -2.53. The Morgan fingerprint density at radius 3 is 2.33 bits per heavy atom. The average Bonchev–Trinajstić information content (AvgIpc) is 2.72. The normalized spacial score (nSPS) is 12.6. The maximum Gasteiger partial charge on any atom is 0.408 e. The van der Waals surface area contributed by atoms with E-state index in [0.717, 1.165) is 31.2 Å². The monoisotopic (exact) mass is 418 g/mol. The maximum atomic E-state index is 12.6. The summed E-state index contributed by atoms with van der Waals surface area (Å²) in [5.74, 6) is -1.84. The third kappa shape index (κ3) is 10.1. The summed E-state index contributed by atoms with van der Waals surface area (Å²) < 4.78 is 5.17. The molecule has 1 aromatic carbocycles. The molecule has 0 aromatic heterocycles. The Morgan fingerprint density at radius 2 is 1.73 bits per heavy atom. The Kier molecular flexibility index (Phi) is 11.9. The van der Waals surface area contributed by atoms with Gasteiger partial charge in [-0.15, -0.1) is 6.58 Å². The van der Waals surface area contributed by atoms with Crippen LogP contribution in [0.25, 0.3) is 0 Å². The van der Waals surface area contributed by atoms with E-state index in [0.29, 0.717) is 12.8 Å². The molecule has 0 aliphatic rings. The second-order valence-electron chi connectivity index (χ2n) is 7.61. The highest BCUT2D eigenvalue weighted by molar-refractivity contribution is 5.89. The molecule has 2 atom stereocenters. The molecule has 0 bridgehead atoms. The molecule has 0 radical (unpaired) electrons. The van der Waals surface area contributed by atoms with Crippen LogP contribution in [0.3, 0.4) is 0 Å². The summed E-state index contributed by atoms with van der Waals surface area (Å²) in [4.78, 5) is 36.3. The van der Waals surface area contributed by atoms with E-state index in [4.69, 9.17) is 4.74 Å². The van der Waals surface area contributed by atoms with Crippen molar-refractivity contribution in [1.82, 2.24) is 10.6 Å². The average molecular weight is 419 g/mol. The maximum absolute atomic E-state index is 12.6. The number of benzene rings is 1. The molecule has 1 aromatic rings. The van der Waals surface area contributed by atoms with Crippen LogP contribution >= 0.6 is 0 Å². The zero-order valence-corrected chi connectivity index (χ0v) is 17.9. The first-order valence-corrected chi connectivity index (χ1v) is 10.5. The van der Waals surface area contributed by atoms with Crippen molar-refractivity contribution in [3.63, 3.8) is 0 Å². The zero-order valence-electron chi connectivity index (χ0n) is 17.9. The van der Waals surface area contributed by atoms with Gasteiger partial charge in [-0.2, -0.15) is 0 Å². The third-order valence-corrected chi connectivity index (χ3v) is 4.70. The van der Waals surface area contributed by atoms with Gasteiger partial charge in [-0.25, -0.2) is 9.59 Å². The molecule has 0 unspecified atom stereocenters. The van der Waals surface area contributed by atoms with Gasteiger partial charge in [-0.05, 0) is 30.7 Å². The molecule has 0 aliphatic heterocycles. The van der Waals surface area contributed by atoms with Gasteiger partial charge >= 0.3 is 12.1 Å². The number of hydrogen-bond acceptors (Lipinski definition) is 4. The molecule has 3 N–H and O–H groups in total. The van der Waals surface area contributed by atoms with Crippen LogP contribution in [0.1, 0.15) is 57.9 Å². The van der Waals surface area contributed by atoms with Crippen molar-refractivity contribution < 1.29 is 24.2 Å². The molecule has 166 valence electrons. The van der Waals surface area contributed by atoms with Gasteiger partial charge in [0.2, 0.25) is 5.91 Å². The third-order valence-electron chi connectivity index (χ3n) is 4.70. The molecule has 30 heavy (non-hydrogen) atoms. The number of unbranched alkanes of at least 4 members (excludes halogenated alkanes) is 4. The van der Waals surface area contributed by atoms with E-state index < -0.39 is 30.1 Å². The molecular formula is C23H34N2O5. The number of carboxylic acids is 1. The predicted octanol–water partition coefficient (Wildman–Crippen LogP) is 4.03. The number of amides is 2. The standard InChI is InChI=1S/C23H34N2O5/c1-4-5-6-7-8-12-15-19(22(27)28)24-21(26)20(17(2)3)25-23(29)30-16-18-13-10-9-11-14-18/h4,9-11,13-14,17,19-20H,1,5-8,12,15-16H2,2-3H3,(H,24,26)(H,25,29)(H,27,28)/t19-,20-/m0/s1. The highest BCUT2D eigenvalue weighted by Gasteiger charge is 2.28. The van der Waals surface area contributed by atoms with Crippen LogP contribution in [-0.2, 0) is 20.9 Å². The molecule has 0 saturated carbocycles. The van der Waals surface area contributed by atoms with Gasteiger partial charge in [-0.3, -0.25) is 4.79 Å². The van der Waals surface area contributed by atoms with Crippen molar-refractivity contribution in [2.75, 3.05) is 0 Å². The second-order valence-corrected chi connectivity index (χ2v) is 7.61. The van der Waals surface area contributed by atoms with Crippen LogP contribution < -0.4 is 10.6 Å². The number of hydrogen-bond donors (Lipinski definition) is 3. The van der Waals surface area contributed by atoms with Crippen molar-refractivity contribution in [1.29, 1.82) is 0 Å². The highest BCUT2D eigenvalue weighted by atomic mass is 16.5. The van der Waals surface area contributed by atoms with E-state index in [9.17, 15) is 19.5 Å². The van der Waals surface area contributed by atoms with Crippen molar-refractivity contribution in [3.05, 3.63) is 48.6 Å². The SMILES string of the molecule is C=CCCCCCC[C@H](NC(=O)[C@@H](NC(=O)OCc1ccccc1)C(C)C)C(=O)O. The summed E-state index contributed by atoms with van der Waals surface area (Å²) in [7, 11) is 0. The fourth-order valence-corrected chi connectivity index (χ4v) is 2.94. The minimum absolute atomic E-state index is 0.0860. The van der Waals surface area contributed by atoms with Crippen molar-refractivity contribution in [2.24, 2.45) is 5.92 Å². The van der Waals surface area contributed by atoms with Crippen LogP contribution in [0.4, 0.5) is 4.79 Å². The van der Waals surface area contributed by atoms with Gasteiger partial charge in [0.05, 0.1) is 0 Å².